The quantitative estimate of drug-likeness (QED) is 0.629. The molecule has 90 valence electrons. The van der Waals surface area contributed by atoms with E-state index in [1.807, 2.05) is 18.2 Å². The molecule has 0 saturated heterocycles. The highest BCUT2D eigenvalue weighted by Crippen LogP contribution is 2.38. The molecule has 0 N–H and O–H groups in total. The third kappa shape index (κ3) is 3.43. The Bertz CT molecular complexity index is 448. The average Bonchev–Trinajstić information content (AvgIpc) is 2.89. The van der Waals surface area contributed by atoms with E-state index in [1.165, 1.54) is 7.11 Å². The SMILES string of the molecule is COC(=O)c1ccccc1SSC1=NCCS1. The van der Waals surface area contributed by atoms with E-state index in [-0.39, 0.29) is 5.97 Å². The summed E-state index contributed by atoms with van der Waals surface area (Å²) in [4.78, 5) is 16.8. The van der Waals surface area contributed by atoms with E-state index in [2.05, 4.69) is 4.99 Å². The second kappa shape index (κ2) is 6.37. The van der Waals surface area contributed by atoms with Crippen molar-refractivity contribution in [2.24, 2.45) is 4.99 Å². The number of thioether (sulfide) groups is 1. The molecule has 0 unspecified atom stereocenters. The highest BCUT2D eigenvalue weighted by Gasteiger charge is 2.14. The van der Waals surface area contributed by atoms with Gasteiger partial charge < -0.3 is 4.74 Å². The van der Waals surface area contributed by atoms with Gasteiger partial charge in [0, 0.05) is 10.6 Å². The maximum atomic E-state index is 11.6. The molecule has 3 nitrogen and oxygen atoms in total. The minimum atomic E-state index is -0.297. The summed E-state index contributed by atoms with van der Waals surface area (Å²) in [5, 5.41) is 0. The summed E-state index contributed by atoms with van der Waals surface area (Å²) in [7, 11) is 4.55. The third-order valence-electron chi connectivity index (χ3n) is 2.05. The molecule has 0 saturated carbocycles. The molecule has 0 aliphatic carbocycles. The molecule has 1 aromatic rings. The van der Waals surface area contributed by atoms with Gasteiger partial charge in [-0.25, -0.2) is 4.79 Å². The van der Waals surface area contributed by atoms with Crippen molar-refractivity contribution in [2.75, 3.05) is 19.4 Å². The molecule has 2 rings (SSSR count). The van der Waals surface area contributed by atoms with Crippen LogP contribution in [0.3, 0.4) is 0 Å². The number of methoxy groups -OCH3 is 1. The Kier molecular flexibility index (Phi) is 4.82. The Morgan fingerprint density at radius 3 is 2.94 bits per heavy atom. The van der Waals surface area contributed by atoms with E-state index in [9.17, 15) is 4.79 Å². The normalized spacial score (nSPS) is 14.5. The first-order valence-electron chi connectivity index (χ1n) is 5.00. The van der Waals surface area contributed by atoms with Gasteiger partial charge in [-0.2, -0.15) is 0 Å². The topological polar surface area (TPSA) is 38.7 Å². The first-order chi connectivity index (χ1) is 8.31. The molecule has 0 atom stereocenters. The molecular formula is C11H11NO2S3. The molecule has 0 amide bonds. The third-order valence-corrected chi connectivity index (χ3v) is 5.89. The van der Waals surface area contributed by atoms with E-state index < -0.39 is 0 Å². The second-order valence-corrected chi connectivity index (χ2v) is 6.65. The van der Waals surface area contributed by atoms with Crippen LogP contribution in [-0.2, 0) is 4.74 Å². The fourth-order valence-electron chi connectivity index (χ4n) is 1.26. The van der Waals surface area contributed by atoms with E-state index in [0.717, 1.165) is 21.6 Å². The van der Waals surface area contributed by atoms with Crippen molar-refractivity contribution in [2.45, 2.75) is 4.90 Å². The van der Waals surface area contributed by atoms with Gasteiger partial charge in [-0.05, 0) is 33.7 Å². The average molecular weight is 285 g/mol. The van der Waals surface area contributed by atoms with Gasteiger partial charge in [0.15, 0.2) is 0 Å². The molecule has 0 bridgehead atoms. The zero-order valence-corrected chi connectivity index (χ0v) is 11.7. The van der Waals surface area contributed by atoms with Gasteiger partial charge in [0.05, 0.1) is 19.2 Å². The lowest BCUT2D eigenvalue weighted by Crippen LogP contribution is -2.02. The highest BCUT2D eigenvalue weighted by molar-refractivity contribution is 8.86. The van der Waals surface area contributed by atoms with Crippen molar-refractivity contribution < 1.29 is 9.53 Å². The summed E-state index contributed by atoms with van der Waals surface area (Å²) >= 11 is 1.76. The number of benzene rings is 1. The number of carbonyl (C=O) groups is 1. The fraction of sp³-hybridized carbons (Fsp3) is 0.273. The Morgan fingerprint density at radius 2 is 2.24 bits per heavy atom. The number of nitrogens with zero attached hydrogens (tertiary/aromatic N) is 1. The lowest BCUT2D eigenvalue weighted by atomic mass is 10.2. The van der Waals surface area contributed by atoms with Crippen LogP contribution in [-0.4, -0.2) is 29.8 Å². The number of ether oxygens (including phenoxy) is 1. The van der Waals surface area contributed by atoms with Crippen molar-refractivity contribution in [3.8, 4) is 0 Å². The van der Waals surface area contributed by atoms with E-state index in [0.29, 0.717) is 5.56 Å². The number of esters is 1. The number of carbonyl (C=O) groups excluding carboxylic acids is 1. The Balaban J connectivity index is 2.06. The van der Waals surface area contributed by atoms with Gasteiger partial charge in [-0.3, -0.25) is 4.99 Å². The lowest BCUT2D eigenvalue weighted by molar-refractivity contribution is 0.0597. The van der Waals surface area contributed by atoms with Gasteiger partial charge in [0.1, 0.15) is 4.38 Å². The van der Waals surface area contributed by atoms with E-state index in [1.54, 1.807) is 39.4 Å². The molecule has 0 aromatic heterocycles. The molecular weight excluding hydrogens is 274 g/mol. The van der Waals surface area contributed by atoms with Crippen molar-refractivity contribution in [3.63, 3.8) is 0 Å². The minimum Gasteiger partial charge on any atom is -0.465 e. The lowest BCUT2D eigenvalue weighted by Gasteiger charge is -2.05. The second-order valence-electron chi connectivity index (χ2n) is 3.15. The molecule has 0 fully saturated rings. The summed E-state index contributed by atoms with van der Waals surface area (Å²) in [6, 6.07) is 7.45. The van der Waals surface area contributed by atoms with Crippen LogP contribution in [0.4, 0.5) is 0 Å². The minimum absolute atomic E-state index is 0.297. The molecule has 1 aliphatic heterocycles. The summed E-state index contributed by atoms with van der Waals surface area (Å²) in [5.74, 6) is 0.761. The van der Waals surface area contributed by atoms with Gasteiger partial charge in [0.2, 0.25) is 0 Å². The molecule has 1 heterocycles. The number of hydrogen-bond donors (Lipinski definition) is 0. The monoisotopic (exact) mass is 285 g/mol. The van der Waals surface area contributed by atoms with Crippen molar-refractivity contribution in [1.29, 1.82) is 0 Å². The predicted molar refractivity (Wildman–Crippen MR) is 76.0 cm³/mol. The van der Waals surface area contributed by atoms with E-state index >= 15 is 0 Å². The zero-order chi connectivity index (χ0) is 12.1. The van der Waals surface area contributed by atoms with Crippen LogP contribution in [0, 0.1) is 0 Å². The molecule has 6 heteroatoms. The van der Waals surface area contributed by atoms with Gasteiger partial charge in [-0.1, -0.05) is 23.9 Å². The van der Waals surface area contributed by atoms with Crippen LogP contribution in [0.5, 0.6) is 0 Å². The highest BCUT2D eigenvalue weighted by atomic mass is 33.1. The molecule has 17 heavy (non-hydrogen) atoms. The Labute approximate surface area is 112 Å². The Morgan fingerprint density at radius 1 is 1.41 bits per heavy atom. The standard InChI is InChI=1S/C11H11NO2S3/c1-14-10(13)8-4-2-3-5-9(8)16-17-11-12-6-7-15-11/h2-5H,6-7H2,1H3. The molecule has 1 aliphatic rings. The number of rotatable bonds is 3. The summed E-state index contributed by atoms with van der Waals surface area (Å²) in [6.07, 6.45) is 0. The summed E-state index contributed by atoms with van der Waals surface area (Å²) < 4.78 is 5.83. The van der Waals surface area contributed by atoms with E-state index in [4.69, 9.17) is 4.74 Å². The van der Waals surface area contributed by atoms with Gasteiger partial charge >= 0.3 is 5.97 Å². The molecule has 0 spiro atoms. The van der Waals surface area contributed by atoms with Crippen LogP contribution in [0.15, 0.2) is 34.2 Å². The maximum absolute atomic E-state index is 11.6. The first kappa shape index (κ1) is 12.9. The van der Waals surface area contributed by atoms with Crippen molar-refractivity contribution >= 4 is 43.7 Å². The number of hydrogen-bond acceptors (Lipinski definition) is 6. The van der Waals surface area contributed by atoms with Crippen LogP contribution < -0.4 is 0 Å². The van der Waals surface area contributed by atoms with Crippen LogP contribution in [0.2, 0.25) is 0 Å². The predicted octanol–water partition coefficient (Wildman–Crippen LogP) is 3.32. The zero-order valence-electron chi connectivity index (χ0n) is 9.21. The van der Waals surface area contributed by atoms with Crippen LogP contribution >= 0.6 is 33.3 Å². The molecule has 1 aromatic carbocycles. The van der Waals surface area contributed by atoms with Gasteiger partial charge in [0.25, 0.3) is 0 Å². The van der Waals surface area contributed by atoms with Crippen molar-refractivity contribution in [1.82, 2.24) is 0 Å². The van der Waals surface area contributed by atoms with Crippen molar-refractivity contribution in [3.05, 3.63) is 29.8 Å². The summed E-state index contributed by atoms with van der Waals surface area (Å²) in [5.41, 5.74) is 0.607. The largest absolute Gasteiger partial charge is 0.465 e. The van der Waals surface area contributed by atoms with Gasteiger partial charge in [-0.15, -0.1) is 0 Å². The Hall–Kier alpha value is -0.590. The fourth-order valence-corrected chi connectivity index (χ4v) is 4.74. The summed E-state index contributed by atoms with van der Waals surface area (Å²) in [6.45, 7) is 0.895. The van der Waals surface area contributed by atoms with Crippen LogP contribution in [0.1, 0.15) is 10.4 Å². The maximum Gasteiger partial charge on any atom is 0.339 e. The smallest absolute Gasteiger partial charge is 0.339 e. The molecule has 0 radical (unpaired) electrons. The number of aliphatic imine (C=N–C) groups is 1. The van der Waals surface area contributed by atoms with Crippen LogP contribution in [0.25, 0.3) is 0 Å². The first-order valence-corrected chi connectivity index (χ1v) is 8.14.